The van der Waals surface area contributed by atoms with Crippen molar-refractivity contribution in [2.45, 2.75) is 52.1 Å². The van der Waals surface area contributed by atoms with Gasteiger partial charge in [0.2, 0.25) is 23.6 Å². The number of likely N-dealkylation sites (tertiary alicyclic amines) is 1. The van der Waals surface area contributed by atoms with Gasteiger partial charge >= 0.3 is 0 Å². The van der Waals surface area contributed by atoms with Crippen LogP contribution in [0.5, 0.6) is 0 Å². The lowest BCUT2D eigenvalue weighted by Gasteiger charge is -2.30. The molecule has 3 atom stereocenters. The predicted molar refractivity (Wildman–Crippen MR) is 126 cm³/mol. The first-order valence-electron chi connectivity index (χ1n) is 11.3. The van der Waals surface area contributed by atoms with Crippen molar-refractivity contribution in [3.8, 4) is 0 Å². The third-order valence-corrected chi connectivity index (χ3v) is 6.96. The number of halogens is 2. The fraction of sp³-hybridized carbons (Fsp3) is 0.500. The summed E-state index contributed by atoms with van der Waals surface area (Å²) in [6.45, 7) is 4.09. The van der Waals surface area contributed by atoms with Gasteiger partial charge in [-0.15, -0.1) is 0 Å². The minimum atomic E-state index is -0.784. The maximum atomic E-state index is 13.3. The minimum absolute atomic E-state index is 0.0143. The van der Waals surface area contributed by atoms with Gasteiger partial charge in [0.1, 0.15) is 6.04 Å². The van der Waals surface area contributed by atoms with Gasteiger partial charge in [-0.25, -0.2) is 0 Å². The normalized spacial score (nSPS) is 20.5. The molecule has 1 aliphatic carbocycles. The zero-order chi connectivity index (χ0) is 24.1. The molecule has 0 unspecified atom stereocenters. The maximum Gasteiger partial charge on any atom is 0.242 e. The third-order valence-electron chi connectivity index (χ3n) is 6.25. The molecule has 9 heteroatoms. The summed E-state index contributed by atoms with van der Waals surface area (Å²) in [5.74, 6) is -1.78. The molecule has 1 aromatic carbocycles. The van der Waals surface area contributed by atoms with Crippen LogP contribution < -0.4 is 5.32 Å². The Balaban J connectivity index is 1.75. The van der Waals surface area contributed by atoms with Gasteiger partial charge in [0.15, 0.2) is 0 Å². The SMILES string of the molecule is CCCNC(=O)[C@H](C)N(Cc1c(Cl)cccc1Cl)C(=O)CCN1C(=O)[C@H]2CC=CC[C@H]2C1=O. The Kier molecular flexibility index (Phi) is 8.54. The third kappa shape index (κ3) is 5.58. The lowest BCUT2D eigenvalue weighted by molar-refractivity contribution is -0.143. The number of rotatable bonds is 9. The van der Waals surface area contributed by atoms with E-state index >= 15 is 0 Å². The molecule has 1 N–H and O–H groups in total. The van der Waals surface area contributed by atoms with Crippen LogP contribution in [0, 0.1) is 11.8 Å². The van der Waals surface area contributed by atoms with E-state index < -0.39 is 6.04 Å². The average Bonchev–Trinajstić information content (AvgIpc) is 3.05. The number of imide groups is 1. The highest BCUT2D eigenvalue weighted by Gasteiger charge is 2.47. The highest BCUT2D eigenvalue weighted by atomic mass is 35.5. The number of allylic oxidation sites excluding steroid dienone is 2. The molecule has 0 aromatic heterocycles. The van der Waals surface area contributed by atoms with Gasteiger partial charge in [-0.1, -0.05) is 48.3 Å². The number of carbonyl (C=O) groups is 4. The topological polar surface area (TPSA) is 86.8 Å². The van der Waals surface area contributed by atoms with Gasteiger partial charge in [0.05, 0.1) is 11.8 Å². The van der Waals surface area contributed by atoms with Crippen molar-refractivity contribution in [1.82, 2.24) is 15.1 Å². The molecule has 1 aromatic rings. The quantitative estimate of drug-likeness (QED) is 0.420. The molecular formula is C24H29Cl2N3O4. The average molecular weight is 494 g/mol. The standard InChI is InChI=1S/C24H29Cl2N3O4/c1-3-12-27-22(31)15(2)29(14-18-19(25)9-6-10-20(18)26)21(30)11-13-28-23(32)16-7-4-5-8-17(16)24(28)33/h4-6,9-10,15-17H,3,7-8,11-14H2,1-2H3,(H,27,31)/t15-,16-,17+/m0/s1. The molecule has 3 rings (SSSR count). The van der Waals surface area contributed by atoms with E-state index in [1.165, 1.54) is 9.80 Å². The van der Waals surface area contributed by atoms with Crippen molar-refractivity contribution in [2.24, 2.45) is 11.8 Å². The lowest BCUT2D eigenvalue weighted by Crippen LogP contribution is -2.48. The van der Waals surface area contributed by atoms with Gasteiger partial charge in [-0.2, -0.15) is 0 Å². The Hall–Kier alpha value is -2.38. The fourth-order valence-corrected chi connectivity index (χ4v) is 4.79. The van der Waals surface area contributed by atoms with Crippen molar-refractivity contribution in [2.75, 3.05) is 13.1 Å². The van der Waals surface area contributed by atoms with Crippen LogP contribution in [0.15, 0.2) is 30.4 Å². The summed E-state index contributed by atoms with van der Waals surface area (Å²) >= 11 is 12.6. The summed E-state index contributed by atoms with van der Waals surface area (Å²) < 4.78 is 0. The number of hydrogen-bond donors (Lipinski definition) is 1. The summed E-state index contributed by atoms with van der Waals surface area (Å²) in [7, 11) is 0. The van der Waals surface area contributed by atoms with Crippen molar-refractivity contribution in [3.05, 3.63) is 46.0 Å². The molecule has 0 spiro atoms. The molecule has 33 heavy (non-hydrogen) atoms. The molecule has 4 amide bonds. The predicted octanol–water partition coefficient (Wildman–Crippen LogP) is 3.58. The van der Waals surface area contributed by atoms with Crippen LogP contribution in [-0.4, -0.2) is 52.6 Å². The van der Waals surface area contributed by atoms with Crippen LogP contribution in [0.3, 0.4) is 0 Å². The van der Waals surface area contributed by atoms with E-state index in [0.717, 1.165) is 6.42 Å². The zero-order valence-corrected chi connectivity index (χ0v) is 20.4. The van der Waals surface area contributed by atoms with E-state index in [2.05, 4.69) is 5.32 Å². The number of hydrogen-bond acceptors (Lipinski definition) is 4. The molecule has 7 nitrogen and oxygen atoms in total. The second-order valence-corrected chi connectivity index (χ2v) is 9.24. The molecular weight excluding hydrogens is 465 g/mol. The molecule has 1 fully saturated rings. The number of nitrogens with zero attached hydrogens (tertiary/aromatic N) is 2. The number of carbonyl (C=O) groups excluding carboxylic acids is 4. The summed E-state index contributed by atoms with van der Waals surface area (Å²) in [6, 6.07) is 4.26. The highest BCUT2D eigenvalue weighted by molar-refractivity contribution is 6.36. The van der Waals surface area contributed by atoms with Crippen molar-refractivity contribution in [1.29, 1.82) is 0 Å². The smallest absolute Gasteiger partial charge is 0.242 e. The number of amides is 4. The van der Waals surface area contributed by atoms with E-state index in [1.807, 2.05) is 19.1 Å². The monoisotopic (exact) mass is 493 g/mol. The molecule has 0 bridgehead atoms. The molecule has 1 heterocycles. The van der Waals surface area contributed by atoms with Crippen LogP contribution >= 0.6 is 23.2 Å². The van der Waals surface area contributed by atoms with Crippen LogP contribution in [0.2, 0.25) is 10.0 Å². The summed E-state index contributed by atoms with van der Waals surface area (Å²) in [5, 5.41) is 3.59. The largest absolute Gasteiger partial charge is 0.354 e. The summed E-state index contributed by atoms with van der Waals surface area (Å²) in [4.78, 5) is 54.0. The zero-order valence-electron chi connectivity index (χ0n) is 18.9. The Bertz CT molecular complexity index is 919. The molecule has 0 saturated carbocycles. The van der Waals surface area contributed by atoms with E-state index in [-0.39, 0.29) is 55.0 Å². The van der Waals surface area contributed by atoms with E-state index in [4.69, 9.17) is 23.2 Å². The number of nitrogens with one attached hydrogen (secondary N) is 1. The highest BCUT2D eigenvalue weighted by Crippen LogP contribution is 2.35. The van der Waals surface area contributed by atoms with Crippen LogP contribution in [0.25, 0.3) is 0 Å². The van der Waals surface area contributed by atoms with Crippen molar-refractivity contribution >= 4 is 46.8 Å². The number of benzene rings is 1. The summed E-state index contributed by atoms with van der Waals surface area (Å²) in [6.07, 6.45) is 5.62. The maximum absolute atomic E-state index is 13.3. The van der Waals surface area contributed by atoms with E-state index in [0.29, 0.717) is 35.0 Å². The fourth-order valence-electron chi connectivity index (χ4n) is 4.27. The molecule has 0 radical (unpaired) electrons. The Morgan fingerprint density at radius 2 is 1.70 bits per heavy atom. The Labute approximate surface area is 204 Å². The Morgan fingerprint density at radius 1 is 1.12 bits per heavy atom. The second kappa shape index (κ2) is 11.2. The van der Waals surface area contributed by atoms with Gasteiger partial charge in [-0.3, -0.25) is 24.1 Å². The van der Waals surface area contributed by atoms with E-state index in [1.54, 1.807) is 25.1 Å². The first-order valence-corrected chi connectivity index (χ1v) is 12.0. The van der Waals surface area contributed by atoms with Gasteiger partial charge in [0.25, 0.3) is 0 Å². The van der Waals surface area contributed by atoms with Crippen LogP contribution in [-0.2, 0) is 25.7 Å². The van der Waals surface area contributed by atoms with Crippen LogP contribution in [0.1, 0.15) is 45.1 Å². The van der Waals surface area contributed by atoms with E-state index in [9.17, 15) is 19.2 Å². The van der Waals surface area contributed by atoms with Gasteiger partial charge in [0, 0.05) is 41.7 Å². The lowest BCUT2D eigenvalue weighted by atomic mass is 9.85. The molecule has 1 aliphatic heterocycles. The first-order chi connectivity index (χ1) is 15.8. The number of fused-ring (bicyclic) bond motifs is 1. The van der Waals surface area contributed by atoms with Gasteiger partial charge in [-0.05, 0) is 38.3 Å². The molecule has 178 valence electrons. The minimum Gasteiger partial charge on any atom is -0.354 e. The second-order valence-electron chi connectivity index (χ2n) is 8.42. The molecule has 1 saturated heterocycles. The van der Waals surface area contributed by atoms with Crippen molar-refractivity contribution in [3.63, 3.8) is 0 Å². The van der Waals surface area contributed by atoms with Crippen LogP contribution in [0.4, 0.5) is 0 Å². The Morgan fingerprint density at radius 3 is 2.24 bits per heavy atom. The molecule has 2 aliphatic rings. The van der Waals surface area contributed by atoms with Crippen molar-refractivity contribution < 1.29 is 19.2 Å². The first kappa shape index (κ1) is 25.2. The van der Waals surface area contributed by atoms with Gasteiger partial charge < -0.3 is 10.2 Å². The summed E-state index contributed by atoms with van der Waals surface area (Å²) in [5.41, 5.74) is 0.537.